The van der Waals surface area contributed by atoms with E-state index < -0.39 is 17.1 Å². The number of para-hydroxylation sites is 1. The maximum Gasteiger partial charge on any atom is 0.294 e. The van der Waals surface area contributed by atoms with Gasteiger partial charge in [0.05, 0.1) is 29.4 Å². The van der Waals surface area contributed by atoms with Gasteiger partial charge >= 0.3 is 0 Å². The van der Waals surface area contributed by atoms with Crippen LogP contribution in [0.25, 0.3) is 6.08 Å². The number of hydrogen-bond acceptors (Lipinski definition) is 5. The molecule has 10 heteroatoms. The molecule has 1 heterocycles. The molecule has 30 heavy (non-hydrogen) atoms. The number of imide groups is 1. The number of amides is 3. The van der Waals surface area contributed by atoms with E-state index in [1.165, 1.54) is 0 Å². The second-order valence-electron chi connectivity index (χ2n) is 6.04. The van der Waals surface area contributed by atoms with Crippen LogP contribution in [0.3, 0.4) is 0 Å². The summed E-state index contributed by atoms with van der Waals surface area (Å²) < 4.78 is 7.44. The molecular formula is C20H15ClI2N2O4S. The van der Waals surface area contributed by atoms with Crippen LogP contribution in [0.1, 0.15) is 12.5 Å². The summed E-state index contributed by atoms with van der Waals surface area (Å²) in [7, 11) is 0. The van der Waals surface area contributed by atoms with E-state index in [-0.39, 0.29) is 11.4 Å². The summed E-state index contributed by atoms with van der Waals surface area (Å²) in [6, 6.07) is 10.5. The van der Waals surface area contributed by atoms with Gasteiger partial charge in [-0.15, -0.1) is 0 Å². The van der Waals surface area contributed by atoms with Crippen LogP contribution in [0.4, 0.5) is 10.5 Å². The Morgan fingerprint density at radius 2 is 1.90 bits per heavy atom. The van der Waals surface area contributed by atoms with Crippen molar-refractivity contribution in [3.05, 3.63) is 59.0 Å². The van der Waals surface area contributed by atoms with Gasteiger partial charge in [-0.3, -0.25) is 19.3 Å². The fourth-order valence-electron chi connectivity index (χ4n) is 2.63. The lowest BCUT2D eigenvalue weighted by Crippen LogP contribution is -2.36. The van der Waals surface area contributed by atoms with Crippen molar-refractivity contribution in [1.82, 2.24) is 4.90 Å². The molecule has 3 amide bonds. The maximum absolute atomic E-state index is 12.7. The first kappa shape index (κ1) is 23.4. The molecule has 0 aromatic heterocycles. The minimum absolute atomic E-state index is 0.265. The minimum atomic E-state index is -0.503. The number of rotatable bonds is 6. The fraction of sp³-hybridized carbons (Fsp3) is 0.150. The lowest BCUT2D eigenvalue weighted by molar-refractivity contribution is -0.127. The molecule has 0 saturated carbocycles. The third-order valence-electron chi connectivity index (χ3n) is 3.93. The number of carbonyl (C=O) groups excluding carboxylic acids is 3. The minimum Gasteiger partial charge on any atom is -0.492 e. The van der Waals surface area contributed by atoms with Crippen molar-refractivity contribution in [1.29, 1.82) is 0 Å². The summed E-state index contributed by atoms with van der Waals surface area (Å²) in [5, 5.41) is 2.50. The second kappa shape index (κ2) is 10.3. The summed E-state index contributed by atoms with van der Waals surface area (Å²) in [5.41, 5.74) is 1.20. The highest BCUT2D eigenvalue weighted by Crippen LogP contribution is 2.34. The molecule has 2 aromatic carbocycles. The number of ether oxygens (including phenoxy) is 1. The van der Waals surface area contributed by atoms with Crippen LogP contribution in [0, 0.1) is 7.14 Å². The van der Waals surface area contributed by atoms with Crippen molar-refractivity contribution in [2.24, 2.45) is 0 Å². The first-order valence-electron chi connectivity index (χ1n) is 8.71. The molecule has 0 spiro atoms. The van der Waals surface area contributed by atoms with Crippen molar-refractivity contribution in [2.45, 2.75) is 6.92 Å². The molecule has 0 radical (unpaired) electrons. The summed E-state index contributed by atoms with van der Waals surface area (Å²) in [6.07, 6.45) is 1.65. The highest BCUT2D eigenvalue weighted by Gasteiger charge is 2.36. The Labute approximate surface area is 210 Å². The van der Waals surface area contributed by atoms with Crippen molar-refractivity contribution in [2.75, 3.05) is 18.5 Å². The van der Waals surface area contributed by atoms with Crippen LogP contribution >= 0.6 is 68.5 Å². The molecule has 0 atom stereocenters. The lowest BCUT2D eigenvalue weighted by Gasteiger charge is -2.13. The van der Waals surface area contributed by atoms with E-state index in [1.54, 1.807) is 30.3 Å². The van der Waals surface area contributed by atoms with Gasteiger partial charge in [-0.05, 0) is 99.8 Å². The maximum atomic E-state index is 12.7. The van der Waals surface area contributed by atoms with Crippen LogP contribution in [0.5, 0.6) is 5.75 Å². The van der Waals surface area contributed by atoms with Crippen molar-refractivity contribution in [3.8, 4) is 5.75 Å². The predicted octanol–water partition coefficient (Wildman–Crippen LogP) is 5.62. The Morgan fingerprint density at radius 1 is 1.23 bits per heavy atom. The zero-order chi connectivity index (χ0) is 21.8. The van der Waals surface area contributed by atoms with Gasteiger partial charge in [0, 0.05) is 0 Å². The summed E-state index contributed by atoms with van der Waals surface area (Å²) in [6.45, 7) is 2.09. The molecule has 156 valence electrons. The van der Waals surface area contributed by atoms with Gasteiger partial charge in [-0.25, -0.2) is 0 Å². The Morgan fingerprint density at radius 3 is 2.53 bits per heavy atom. The van der Waals surface area contributed by atoms with E-state index in [1.807, 2.05) is 19.1 Å². The highest BCUT2D eigenvalue weighted by molar-refractivity contribution is 14.1. The summed E-state index contributed by atoms with van der Waals surface area (Å²) in [5.74, 6) is -0.213. The Bertz CT molecular complexity index is 1040. The molecule has 0 bridgehead atoms. The van der Waals surface area contributed by atoms with Crippen LogP contribution in [0.15, 0.2) is 41.3 Å². The number of halogens is 3. The van der Waals surface area contributed by atoms with Crippen molar-refractivity contribution >= 4 is 97.4 Å². The molecule has 1 aliphatic heterocycles. The molecule has 6 nitrogen and oxygen atoms in total. The Kier molecular flexibility index (Phi) is 8.04. The molecule has 1 N–H and O–H groups in total. The molecular weight excluding hydrogens is 654 g/mol. The van der Waals surface area contributed by atoms with Crippen LogP contribution < -0.4 is 10.1 Å². The lowest BCUT2D eigenvalue weighted by atomic mass is 10.2. The third kappa shape index (κ3) is 5.48. The zero-order valence-electron chi connectivity index (χ0n) is 15.6. The van der Waals surface area contributed by atoms with Gasteiger partial charge < -0.3 is 10.1 Å². The van der Waals surface area contributed by atoms with Gasteiger partial charge in [0.1, 0.15) is 12.3 Å². The fourth-order valence-corrected chi connectivity index (χ4v) is 5.78. The molecule has 0 aliphatic carbocycles. The van der Waals surface area contributed by atoms with Crippen molar-refractivity contribution in [3.63, 3.8) is 0 Å². The zero-order valence-corrected chi connectivity index (χ0v) is 21.5. The number of thioether (sulfide) groups is 1. The van der Waals surface area contributed by atoms with E-state index >= 15 is 0 Å². The smallest absolute Gasteiger partial charge is 0.294 e. The normalized spacial score (nSPS) is 15.1. The van der Waals surface area contributed by atoms with Gasteiger partial charge in [-0.2, -0.15) is 0 Å². The number of anilines is 1. The number of hydrogen-bond donors (Lipinski definition) is 1. The topological polar surface area (TPSA) is 75.7 Å². The predicted molar refractivity (Wildman–Crippen MR) is 136 cm³/mol. The molecule has 0 unspecified atom stereocenters. The van der Waals surface area contributed by atoms with E-state index in [0.29, 0.717) is 17.3 Å². The number of nitrogens with one attached hydrogen (secondary N) is 1. The van der Waals surface area contributed by atoms with Gasteiger partial charge in [0.25, 0.3) is 11.1 Å². The standard InChI is InChI=1S/C20H15ClI2N2O4S/c1-2-29-18-13(22)7-11(8-14(18)23)9-16-19(27)25(20(28)30-16)10-17(26)24-15-6-4-3-5-12(15)21/h3-9H,2,10H2,1H3,(H,24,26)/b16-9+. The summed E-state index contributed by atoms with van der Waals surface area (Å²) in [4.78, 5) is 38.5. The van der Waals surface area contributed by atoms with Crippen LogP contribution in [-0.2, 0) is 9.59 Å². The second-order valence-corrected chi connectivity index (χ2v) is 9.77. The average molecular weight is 669 g/mol. The molecule has 1 fully saturated rings. The Balaban J connectivity index is 1.74. The quantitative estimate of drug-likeness (QED) is 0.320. The number of carbonyl (C=O) groups is 3. The van der Waals surface area contributed by atoms with Gasteiger partial charge in [-0.1, -0.05) is 23.7 Å². The highest BCUT2D eigenvalue weighted by atomic mass is 127. The molecule has 2 aromatic rings. The van der Waals surface area contributed by atoms with E-state index in [2.05, 4.69) is 50.5 Å². The summed E-state index contributed by atoms with van der Waals surface area (Å²) >= 11 is 11.2. The monoisotopic (exact) mass is 668 g/mol. The SMILES string of the molecule is CCOc1c(I)cc(/C=C2/SC(=O)N(CC(=O)Nc3ccccc3Cl)C2=O)cc1I. The first-order valence-corrected chi connectivity index (χ1v) is 12.1. The molecule has 1 saturated heterocycles. The average Bonchev–Trinajstić information content (AvgIpc) is 2.94. The largest absolute Gasteiger partial charge is 0.492 e. The number of nitrogens with zero attached hydrogens (tertiary/aromatic N) is 1. The Hall–Kier alpha value is -1.31. The van der Waals surface area contributed by atoms with Crippen molar-refractivity contribution < 1.29 is 19.1 Å². The van der Waals surface area contributed by atoms with Crippen LogP contribution in [-0.4, -0.2) is 35.1 Å². The van der Waals surface area contributed by atoms with E-state index in [4.69, 9.17) is 16.3 Å². The van der Waals surface area contributed by atoms with E-state index in [9.17, 15) is 14.4 Å². The van der Waals surface area contributed by atoms with Gasteiger partial charge in [0.15, 0.2) is 0 Å². The number of benzene rings is 2. The van der Waals surface area contributed by atoms with E-state index in [0.717, 1.165) is 35.1 Å². The third-order valence-corrected chi connectivity index (χ3v) is 6.77. The molecule has 3 rings (SSSR count). The van der Waals surface area contributed by atoms with Gasteiger partial charge in [0.2, 0.25) is 5.91 Å². The molecule has 1 aliphatic rings. The first-order chi connectivity index (χ1) is 14.3. The van der Waals surface area contributed by atoms with Crippen LogP contribution in [0.2, 0.25) is 5.02 Å².